The molecule has 1 unspecified atom stereocenters. The van der Waals surface area contributed by atoms with Crippen molar-refractivity contribution < 1.29 is 5.11 Å². The molecule has 1 saturated heterocycles. The summed E-state index contributed by atoms with van der Waals surface area (Å²) in [7, 11) is 0. The number of nitrogens with zero attached hydrogens (tertiary/aromatic N) is 1. The predicted octanol–water partition coefficient (Wildman–Crippen LogP) is 1.92. The molecule has 3 nitrogen and oxygen atoms in total. The van der Waals surface area contributed by atoms with E-state index in [9.17, 15) is 0 Å². The molecule has 1 aromatic rings. The SMILES string of the molecule is Cc1ccc(N2CCNC(CCO)C2)cc1Br. The molecule has 0 saturated carbocycles. The Morgan fingerprint density at radius 3 is 3.06 bits per heavy atom. The van der Waals surface area contributed by atoms with Crippen LogP contribution < -0.4 is 10.2 Å². The number of nitrogens with one attached hydrogen (secondary N) is 1. The summed E-state index contributed by atoms with van der Waals surface area (Å²) >= 11 is 3.58. The van der Waals surface area contributed by atoms with E-state index < -0.39 is 0 Å². The van der Waals surface area contributed by atoms with Gasteiger partial charge < -0.3 is 15.3 Å². The molecule has 0 spiro atoms. The molecule has 0 aliphatic carbocycles. The van der Waals surface area contributed by atoms with Crippen molar-refractivity contribution in [2.75, 3.05) is 31.1 Å². The van der Waals surface area contributed by atoms with Crippen molar-refractivity contribution in [1.82, 2.24) is 5.32 Å². The lowest BCUT2D eigenvalue weighted by Gasteiger charge is -2.35. The van der Waals surface area contributed by atoms with Crippen molar-refractivity contribution in [1.29, 1.82) is 0 Å². The average molecular weight is 299 g/mol. The molecule has 1 aliphatic heterocycles. The first-order valence-electron chi connectivity index (χ1n) is 6.06. The maximum atomic E-state index is 8.99. The Kier molecular flexibility index (Phi) is 4.42. The number of benzene rings is 1. The van der Waals surface area contributed by atoms with Crippen LogP contribution in [-0.2, 0) is 0 Å². The van der Waals surface area contributed by atoms with Gasteiger partial charge in [-0.3, -0.25) is 0 Å². The van der Waals surface area contributed by atoms with Gasteiger partial charge in [0, 0.05) is 42.4 Å². The highest BCUT2D eigenvalue weighted by molar-refractivity contribution is 9.10. The summed E-state index contributed by atoms with van der Waals surface area (Å²) in [6, 6.07) is 6.88. The third kappa shape index (κ3) is 3.21. The summed E-state index contributed by atoms with van der Waals surface area (Å²) in [5.74, 6) is 0. The molecular formula is C13H19BrN2O. The molecule has 94 valence electrons. The monoisotopic (exact) mass is 298 g/mol. The first-order valence-corrected chi connectivity index (χ1v) is 6.85. The van der Waals surface area contributed by atoms with Crippen LogP contribution in [0.5, 0.6) is 0 Å². The molecule has 2 N–H and O–H groups in total. The van der Waals surface area contributed by atoms with E-state index in [1.54, 1.807) is 0 Å². The molecule has 1 heterocycles. The highest BCUT2D eigenvalue weighted by Gasteiger charge is 2.19. The summed E-state index contributed by atoms with van der Waals surface area (Å²) in [5, 5.41) is 12.4. The predicted molar refractivity (Wildman–Crippen MR) is 74.6 cm³/mol. The zero-order valence-corrected chi connectivity index (χ0v) is 11.7. The van der Waals surface area contributed by atoms with Gasteiger partial charge in [0.2, 0.25) is 0 Å². The van der Waals surface area contributed by atoms with Crippen LogP contribution in [0.4, 0.5) is 5.69 Å². The number of rotatable bonds is 3. The maximum absolute atomic E-state index is 8.99. The van der Waals surface area contributed by atoms with E-state index in [2.05, 4.69) is 51.3 Å². The van der Waals surface area contributed by atoms with Crippen molar-refractivity contribution in [3.63, 3.8) is 0 Å². The van der Waals surface area contributed by atoms with Crippen LogP contribution in [0.1, 0.15) is 12.0 Å². The summed E-state index contributed by atoms with van der Waals surface area (Å²) < 4.78 is 1.16. The zero-order valence-electron chi connectivity index (χ0n) is 10.1. The lowest BCUT2D eigenvalue weighted by molar-refractivity contribution is 0.260. The van der Waals surface area contributed by atoms with E-state index in [1.807, 2.05) is 0 Å². The smallest absolute Gasteiger partial charge is 0.0446 e. The highest BCUT2D eigenvalue weighted by atomic mass is 79.9. The van der Waals surface area contributed by atoms with Gasteiger partial charge in [-0.1, -0.05) is 22.0 Å². The molecule has 1 fully saturated rings. The van der Waals surface area contributed by atoms with Gasteiger partial charge in [0.25, 0.3) is 0 Å². The van der Waals surface area contributed by atoms with Crippen molar-refractivity contribution in [3.8, 4) is 0 Å². The number of piperazine rings is 1. The number of anilines is 1. The first kappa shape index (κ1) is 12.9. The van der Waals surface area contributed by atoms with E-state index in [1.165, 1.54) is 11.3 Å². The summed E-state index contributed by atoms with van der Waals surface area (Å²) in [6.45, 7) is 5.33. The van der Waals surface area contributed by atoms with Crippen molar-refractivity contribution in [2.45, 2.75) is 19.4 Å². The minimum absolute atomic E-state index is 0.253. The number of hydrogen-bond acceptors (Lipinski definition) is 3. The summed E-state index contributed by atoms with van der Waals surface area (Å²) in [4.78, 5) is 2.38. The van der Waals surface area contributed by atoms with Crippen LogP contribution in [0, 0.1) is 6.92 Å². The number of halogens is 1. The zero-order chi connectivity index (χ0) is 12.3. The van der Waals surface area contributed by atoms with Gasteiger partial charge in [0.05, 0.1) is 0 Å². The van der Waals surface area contributed by atoms with Gasteiger partial charge in [0.1, 0.15) is 0 Å². The summed E-state index contributed by atoms with van der Waals surface area (Å²) in [6.07, 6.45) is 0.823. The quantitative estimate of drug-likeness (QED) is 0.895. The first-order chi connectivity index (χ1) is 8.20. The number of aryl methyl sites for hydroxylation is 1. The second-order valence-corrected chi connectivity index (χ2v) is 5.40. The largest absolute Gasteiger partial charge is 0.396 e. The fraction of sp³-hybridized carbons (Fsp3) is 0.538. The normalized spacial score (nSPS) is 20.6. The summed E-state index contributed by atoms with van der Waals surface area (Å²) in [5.41, 5.74) is 2.52. The number of aliphatic hydroxyl groups is 1. The average Bonchev–Trinajstić information content (AvgIpc) is 2.33. The van der Waals surface area contributed by atoms with E-state index in [4.69, 9.17) is 5.11 Å². The lowest BCUT2D eigenvalue weighted by atomic mass is 10.1. The van der Waals surface area contributed by atoms with Gasteiger partial charge in [-0.2, -0.15) is 0 Å². The van der Waals surface area contributed by atoms with Crippen LogP contribution in [0.3, 0.4) is 0 Å². The van der Waals surface area contributed by atoms with Crippen molar-refractivity contribution >= 4 is 21.6 Å². The highest BCUT2D eigenvalue weighted by Crippen LogP contribution is 2.24. The third-order valence-electron chi connectivity index (χ3n) is 3.25. The number of hydrogen-bond donors (Lipinski definition) is 2. The third-order valence-corrected chi connectivity index (χ3v) is 4.11. The Labute approximate surface area is 111 Å². The molecule has 0 bridgehead atoms. The van der Waals surface area contributed by atoms with Gasteiger partial charge in [0.15, 0.2) is 0 Å². The minimum atomic E-state index is 0.253. The topological polar surface area (TPSA) is 35.5 Å². The van der Waals surface area contributed by atoms with E-state index in [0.717, 1.165) is 30.5 Å². The van der Waals surface area contributed by atoms with Gasteiger partial charge in [-0.25, -0.2) is 0 Å². The van der Waals surface area contributed by atoms with Crippen LogP contribution in [0.15, 0.2) is 22.7 Å². The van der Waals surface area contributed by atoms with E-state index in [-0.39, 0.29) is 6.61 Å². The molecule has 2 rings (SSSR count). The van der Waals surface area contributed by atoms with Gasteiger partial charge >= 0.3 is 0 Å². The van der Waals surface area contributed by atoms with Crippen LogP contribution in [0.25, 0.3) is 0 Å². The molecule has 0 aromatic heterocycles. The van der Waals surface area contributed by atoms with E-state index >= 15 is 0 Å². The maximum Gasteiger partial charge on any atom is 0.0446 e. The Morgan fingerprint density at radius 2 is 2.35 bits per heavy atom. The van der Waals surface area contributed by atoms with Crippen LogP contribution >= 0.6 is 15.9 Å². The van der Waals surface area contributed by atoms with Gasteiger partial charge in [-0.05, 0) is 31.0 Å². The molecule has 1 atom stereocenters. The Hall–Kier alpha value is -0.580. The van der Waals surface area contributed by atoms with Gasteiger partial charge in [-0.15, -0.1) is 0 Å². The van der Waals surface area contributed by atoms with Crippen LogP contribution in [-0.4, -0.2) is 37.4 Å². The molecular weight excluding hydrogens is 280 g/mol. The van der Waals surface area contributed by atoms with Crippen LogP contribution in [0.2, 0.25) is 0 Å². The lowest BCUT2D eigenvalue weighted by Crippen LogP contribution is -2.51. The molecule has 17 heavy (non-hydrogen) atoms. The standard InChI is InChI=1S/C13H19BrN2O/c1-10-2-3-12(8-13(10)14)16-6-5-15-11(9-16)4-7-17/h2-3,8,11,15,17H,4-7,9H2,1H3. The van der Waals surface area contributed by atoms with E-state index in [0.29, 0.717) is 6.04 Å². The van der Waals surface area contributed by atoms with Crippen molar-refractivity contribution in [2.24, 2.45) is 0 Å². The number of aliphatic hydroxyl groups excluding tert-OH is 1. The Balaban J connectivity index is 2.08. The fourth-order valence-electron chi connectivity index (χ4n) is 2.19. The Morgan fingerprint density at radius 1 is 1.53 bits per heavy atom. The Bertz CT molecular complexity index is 382. The molecule has 0 radical (unpaired) electrons. The molecule has 0 amide bonds. The van der Waals surface area contributed by atoms with Crippen molar-refractivity contribution in [3.05, 3.63) is 28.2 Å². The molecule has 4 heteroatoms. The minimum Gasteiger partial charge on any atom is -0.396 e. The molecule has 1 aliphatic rings. The molecule has 1 aromatic carbocycles. The fourth-order valence-corrected chi connectivity index (χ4v) is 2.55. The second-order valence-electron chi connectivity index (χ2n) is 4.54. The second kappa shape index (κ2) is 5.85.